The number of fused-ring (bicyclic) bond motifs is 1. The first-order valence-electron chi connectivity index (χ1n) is 7.60. The van der Waals surface area contributed by atoms with E-state index < -0.39 is 0 Å². The summed E-state index contributed by atoms with van der Waals surface area (Å²) in [6, 6.07) is 26.2. The lowest BCUT2D eigenvalue weighted by atomic mass is 9.87. The molecule has 1 N–H and O–H groups in total. The number of rotatable bonds is 3. The molecule has 4 heteroatoms. The molecule has 0 spiro atoms. The molecule has 0 atom stereocenters. The molecule has 0 fully saturated rings. The minimum absolute atomic E-state index is 0.0272. The van der Waals surface area contributed by atoms with Crippen molar-refractivity contribution >= 4 is 24.0 Å². The molecule has 3 aromatic carbocycles. The van der Waals surface area contributed by atoms with Gasteiger partial charge in [0.25, 0.3) is 0 Å². The van der Waals surface area contributed by atoms with E-state index in [2.05, 4.69) is 22.8 Å². The lowest BCUT2D eigenvalue weighted by Gasteiger charge is -2.10. The van der Waals surface area contributed by atoms with Gasteiger partial charge >= 0.3 is 7.48 Å². The van der Waals surface area contributed by atoms with Crippen LogP contribution in [0.25, 0.3) is 28.1 Å². The number of aromatic nitrogens is 2. The first kappa shape index (κ1) is 13.8. The van der Waals surface area contributed by atoms with Gasteiger partial charge in [-0.3, -0.25) is 4.57 Å². The molecule has 1 aromatic heterocycles. The van der Waals surface area contributed by atoms with E-state index in [1.165, 1.54) is 0 Å². The van der Waals surface area contributed by atoms with Crippen molar-refractivity contribution in [2.75, 3.05) is 0 Å². The van der Waals surface area contributed by atoms with Gasteiger partial charge in [0.05, 0.1) is 11.0 Å². The smallest absolute Gasteiger partial charge is 0.304 e. The standard InChI is InChI=1S/C19H15BN2O/c23-20-15-8-6-7-14(13-15)19-21-17-11-4-5-12-18(17)22(19)16-9-2-1-3-10-16/h1-13,20,23H. The quantitative estimate of drug-likeness (QED) is 0.591. The Morgan fingerprint density at radius 2 is 1.61 bits per heavy atom. The summed E-state index contributed by atoms with van der Waals surface area (Å²) in [6.45, 7) is 0. The summed E-state index contributed by atoms with van der Waals surface area (Å²) in [5.41, 5.74) is 4.99. The largest absolute Gasteiger partial charge is 0.449 e. The van der Waals surface area contributed by atoms with Crippen molar-refractivity contribution in [1.29, 1.82) is 0 Å². The molecule has 0 radical (unpaired) electrons. The predicted molar refractivity (Wildman–Crippen MR) is 95.5 cm³/mol. The van der Waals surface area contributed by atoms with Crippen LogP contribution in [-0.2, 0) is 0 Å². The minimum Gasteiger partial charge on any atom is -0.449 e. The number of benzene rings is 3. The molecular weight excluding hydrogens is 283 g/mol. The molecule has 0 bridgehead atoms. The zero-order valence-corrected chi connectivity index (χ0v) is 12.6. The molecular formula is C19H15BN2O. The molecule has 0 saturated carbocycles. The number of nitrogens with zero attached hydrogens (tertiary/aromatic N) is 2. The van der Waals surface area contributed by atoms with Crippen LogP contribution >= 0.6 is 0 Å². The summed E-state index contributed by atoms with van der Waals surface area (Å²) in [5, 5.41) is 9.41. The molecule has 0 saturated heterocycles. The van der Waals surface area contributed by atoms with Crippen LogP contribution in [-0.4, -0.2) is 22.1 Å². The average molecular weight is 298 g/mol. The van der Waals surface area contributed by atoms with Gasteiger partial charge < -0.3 is 5.02 Å². The third-order valence-electron chi connectivity index (χ3n) is 3.94. The molecule has 110 valence electrons. The maximum absolute atomic E-state index is 9.41. The molecule has 0 unspecified atom stereocenters. The number of imidazole rings is 1. The van der Waals surface area contributed by atoms with Crippen molar-refractivity contribution in [3.63, 3.8) is 0 Å². The Labute approximate surface area is 135 Å². The molecule has 3 nitrogen and oxygen atoms in total. The van der Waals surface area contributed by atoms with Crippen LogP contribution in [0.1, 0.15) is 0 Å². The summed E-state index contributed by atoms with van der Waals surface area (Å²) in [5.74, 6) is 0.882. The summed E-state index contributed by atoms with van der Waals surface area (Å²) < 4.78 is 2.16. The topological polar surface area (TPSA) is 38.1 Å². The van der Waals surface area contributed by atoms with E-state index in [1.54, 1.807) is 0 Å². The Morgan fingerprint density at radius 1 is 0.826 bits per heavy atom. The van der Waals surface area contributed by atoms with Crippen LogP contribution in [0.3, 0.4) is 0 Å². The Hall–Kier alpha value is -2.85. The molecule has 0 aliphatic carbocycles. The van der Waals surface area contributed by atoms with Crippen LogP contribution < -0.4 is 5.46 Å². The van der Waals surface area contributed by atoms with Gasteiger partial charge in [0.15, 0.2) is 0 Å². The summed E-state index contributed by atoms with van der Waals surface area (Å²) in [4.78, 5) is 4.82. The van der Waals surface area contributed by atoms with Crippen LogP contribution in [0.2, 0.25) is 0 Å². The fourth-order valence-electron chi connectivity index (χ4n) is 2.87. The summed E-state index contributed by atoms with van der Waals surface area (Å²) in [6.07, 6.45) is 0. The van der Waals surface area contributed by atoms with E-state index >= 15 is 0 Å². The van der Waals surface area contributed by atoms with Crippen molar-refractivity contribution in [1.82, 2.24) is 9.55 Å². The zero-order valence-electron chi connectivity index (χ0n) is 12.6. The van der Waals surface area contributed by atoms with E-state index in [-0.39, 0.29) is 7.48 Å². The third kappa shape index (κ3) is 2.43. The van der Waals surface area contributed by atoms with Crippen molar-refractivity contribution in [3.8, 4) is 17.1 Å². The molecule has 4 aromatic rings. The van der Waals surface area contributed by atoms with Gasteiger partial charge in [0, 0.05) is 11.3 Å². The molecule has 1 heterocycles. The van der Waals surface area contributed by atoms with Crippen molar-refractivity contribution in [3.05, 3.63) is 78.9 Å². The Balaban J connectivity index is 2.02. The first-order valence-corrected chi connectivity index (χ1v) is 7.60. The molecule has 23 heavy (non-hydrogen) atoms. The second-order valence-corrected chi connectivity index (χ2v) is 5.45. The van der Waals surface area contributed by atoms with Gasteiger partial charge in [-0.15, -0.1) is 0 Å². The second kappa shape index (κ2) is 5.74. The highest BCUT2D eigenvalue weighted by Gasteiger charge is 2.14. The molecule has 4 rings (SSSR count). The predicted octanol–water partition coefficient (Wildman–Crippen LogP) is 2.66. The van der Waals surface area contributed by atoms with Crippen LogP contribution in [0, 0.1) is 0 Å². The number of hydrogen-bond donors (Lipinski definition) is 1. The second-order valence-electron chi connectivity index (χ2n) is 5.45. The van der Waals surface area contributed by atoms with Gasteiger partial charge in [0.1, 0.15) is 5.82 Å². The van der Waals surface area contributed by atoms with Gasteiger partial charge in [-0.1, -0.05) is 60.1 Å². The highest BCUT2D eigenvalue weighted by atomic mass is 16.2. The molecule has 0 aliphatic heterocycles. The normalized spacial score (nSPS) is 10.8. The van der Waals surface area contributed by atoms with Crippen molar-refractivity contribution < 1.29 is 5.02 Å². The zero-order chi connectivity index (χ0) is 15.6. The highest BCUT2D eigenvalue weighted by molar-refractivity contribution is 6.45. The van der Waals surface area contributed by atoms with E-state index in [4.69, 9.17) is 4.98 Å². The third-order valence-corrected chi connectivity index (χ3v) is 3.94. The van der Waals surface area contributed by atoms with E-state index in [0.717, 1.165) is 33.6 Å². The minimum atomic E-state index is 0.0272. The maximum atomic E-state index is 9.41. The Bertz CT molecular complexity index is 963. The van der Waals surface area contributed by atoms with E-state index in [0.29, 0.717) is 0 Å². The molecule has 0 amide bonds. The fourth-order valence-corrected chi connectivity index (χ4v) is 2.87. The molecule has 0 aliphatic rings. The lowest BCUT2D eigenvalue weighted by Crippen LogP contribution is -2.13. The van der Waals surface area contributed by atoms with Crippen LogP contribution in [0.4, 0.5) is 0 Å². The lowest BCUT2D eigenvalue weighted by molar-refractivity contribution is 0.615. The summed E-state index contributed by atoms with van der Waals surface area (Å²) in [7, 11) is 0.0272. The monoisotopic (exact) mass is 298 g/mol. The number of hydrogen-bond acceptors (Lipinski definition) is 2. The van der Waals surface area contributed by atoms with Crippen molar-refractivity contribution in [2.45, 2.75) is 0 Å². The van der Waals surface area contributed by atoms with E-state index in [9.17, 15) is 5.02 Å². The maximum Gasteiger partial charge on any atom is 0.304 e. The first-order chi connectivity index (χ1) is 11.4. The van der Waals surface area contributed by atoms with Gasteiger partial charge in [-0.2, -0.15) is 0 Å². The van der Waals surface area contributed by atoms with Gasteiger partial charge in [-0.05, 0) is 24.3 Å². The fraction of sp³-hybridized carbons (Fsp3) is 0. The van der Waals surface area contributed by atoms with E-state index in [1.807, 2.05) is 60.7 Å². The highest BCUT2D eigenvalue weighted by Crippen LogP contribution is 2.27. The van der Waals surface area contributed by atoms with Gasteiger partial charge in [0.2, 0.25) is 0 Å². The van der Waals surface area contributed by atoms with Gasteiger partial charge in [-0.25, -0.2) is 4.98 Å². The summed E-state index contributed by atoms with van der Waals surface area (Å²) >= 11 is 0. The Morgan fingerprint density at radius 3 is 2.43 bits per heavy atom. The van der Waals surface area contributed by atoms with Crippen molar-refractivity contribution in [2.24, 2.45) is 0 Å². The van der Waals surface area contributed by atoms with Crippen LogP contribution in [0.15, 0.2) is 78.9 Å². The Kier molecular flexibility index (Phi) is 3.44. The SMILES string of the molecule is OBc1cccc(-c2nc3ccccc3n2-c2ccccc2)c1. The number of para-hydroxylation sites is 3. The average Bonchev–Trinajstić information content (AvgIpc) is 3.02. The van der Waals surface area contributed by atoms with Crippen LogP contribution in [0.5, 0.6) is 0 Å².